The van der Waals surface area contributed by atoms with Gasteiger partial charge in [0.15, 0.2) is 4.80 Å². The number of esters is 2. The van der Waals surface area contributed by atoms with Gasteiger partial charge < -0.3 is 9.47 Å². The van der Waals surface area contributed by atoms with Crippen molar-refractivity contribution in [2.24, 2.45) is 4.99 Å². The Bertz CT molecular complexity index is 2510. The lowest BCUT2D eigenvalue weighted by Gasteiger charge is -2.25. The zero-order valence-electron chi connectivity index (χ0n) is 26.5. The molecule has 0 saturated heterocycles. The molecule has 2 heterocycles. The molecule has 0 saturated carbocycles. The van der Waals surface area contributed by atoms with Crippen molar-refractivity contribution in [2.45, 2.75) is 13.0 Å². The summed E-state index contributed by atoms with van der Waals surface area (Å²) in [4.78, 5) is 57.3. The monoisotopic (exact) mass is 681 g/mol. The molecule has 0 unspecified atom stereocenters. The van der Waals surface area contributed by atoms with Crippen LogP contribution in [0.5, 0.6) is 5.75 Å². The average Bonchev–Trinajstić information content (AvgIpc) is 3.46. The predicted octanol–water partition coefficient (Wildman–Crippen LogP) is 6.22. The Morgan fingerprint density at radius 1 is 0.880 bits per heavy atom. The normalized spacial score (nSPS) is 14.2. The maximum Gasteiger partial charge on any atom is 0.343 e. The van der Waals surface area contributed by atoms with Gasteiger partial charge in [-0.3, -0.25) is 19.5 Å². The third-order valence-corrected chi connectivity index (χ3v) is 9.19. The van der Waals surface area contributed by atoms with Gasteiger partial charge in [0, 0.05) is 23.3 Å². The molecule has 50 heavy (non-hydrogen) atoms. The van der Waals surface area contributed by atoms with Crippen LogP contribution >= 0.6 is 11.3 Å². The fourth-order valence-corrected chi connectivity index (χ4v) is 6.90. The molecule has 1 aromatic heterocycles. The molecule has 0 fully saturated rings. The minimum atomic E-state index is -0.837. The molecule has 11 heteroatoms. The fraction of sp³-hybridized carbons (Fsp3) is 0.0769. The molecule has 10 nitrogen and oxygen atoms in total. The predicted molar refractivity (Wildman–Crippen MR) is 190 cm³/mol. The number of nitro benzene ring substituents is 1. The van der Waals surface area contributed by atoms with Crippen LogP contribution in [0.25, 0.3) is 22.5 Å². The molecular weight excluding hydrogens is 655 g/mol. The van der Waals surface area contributed by atoms with Crippen LogP contribution in [0.2, 0.25) is 0 Å². The van der Waals surface area contributed by atoms with Crippen LogP contribution in [0.3, 0.4) is 0 Å². The van der Waals surface area contributed by atoms with E-state index in [1.165, 1.54) is 28.8 Å². The number of carbonyl (C=O) groups is 2. The van der Waals surface area contributed by atoms with E-state index in [1.54, 1.807) is 25.1 Å². The number of benzene rings is 5. The Morgan fingerprint density at radius 3 is 2.26 bits per heavy atom. The van der Waals surface area contributed by atoms with Crippen molar-refractivity contribution in [3.05, 3.63) is 179 Å². The maximum absolute atomic E-state index is 14.5. The van der Waals surface area contributed by atoms with Crippen LogP contribution in [0.4, 0.5) is 5.69 Å². The van der Waals surface area contributed by atoms with Crippen molar-refractivity contribution in [1.82, 2.24) is 4.57 Å². The minimum absolute atomic E-state index is 0.122. The molecule has 1 aliphatic rings. The number of hydrogen-bond acceptors (Lipinski definition) is 9. The van der Waals surface area contributed by atoms with Crippen LogP contribution in [0, 0.1) is 10.1 Å². The van der Waals surface area contributed by atoms with Crippen molar-refractivity contribution in [3.63, 3.8) is 0 Å². The molecule has 6 aromatic rings. The van der Waals surface area contributed by atoms with Crippen molar-refractivity contribution >= 4 is 51.5 Å². The number of rotatable bonds is 8. The van der Waals surface area contributed by atoms with E-state index in [2.05, 4.69) is 0 Å². The Balaban J connectivity index is 1.43. The molecule has 7 rings (SSSR count). The second kappa shape index (κ2) is 13.6. The summed E-state index contributed by atoms with van der Waals surface area (Å²) >= 11 is 1.16. The smallest absolute Gasteiger partial charge is 0.343 e. The third kappa shape index (κ3) is 6.01. The lowest BCUT2D eigenvalue weighted by molar-refractivity contribution is -0.384. The molecule has 1 atom stereocenters. The highest BCUT2D eigenvalue weighted by Gasteiger charge is 2.35. The van der Waals surface area contributed by atoms with Gasteiger partial charge in [-0.05, 0) is 47.5 Å². The minimum Gasteiger partial charge on any atom is -0.463 e. The molecule has 0 N–H and O–H groups in total. The first-order valence-corrected chi connectivity index (χ1v) is 16.5. The lowest BCUT2D eigenvalue weighted by atomic mass is 9.93. The van der Waals surface area contributed by atoms with E-state index in [0.717, 1.165) is 22.1 Å². The van der Waals surface area contributed by atoms with Crippen molar-refractivity contribution in [1.29, 1.82) is 0 Å². The Morgan fingerprint density at radius 2 is 1.56 bits per heavy atom. The quantitative estimate of drug-likeness (QED) is 0.0808. The van der Waals surface area contributed by atoms with Gasteiger partial charge in [-0.2, -0.15) is 0 Å². The van der Waals surface area contributed by atoms with E-state index in [1.807, 2.05) is 84.9 Å². The summed E-state index contributed by atoms with van der Waals surface area (Å²) in [6.07, 6.45) is 1.67. The van der Waals surface area contributed by atoms with Gasteiger partial charge in [-0.15, -0.1) is 0 Å². The Kier molecular flexibility index (Phi) is 8.72. The van der Waals surface area contributed by atoms with Gasteiger partial charge in [-0.1, -0.05) is 102 Å². The van der Waals surface area contributed by atoms with Gasteiger partial charge in [0.2, 0.25) is 0 Å². The summed E-state index contributed by atoms with van der Waals surface area (Å²) in [5.74, 6) is -1.11. The highest BCUT2D eigenvalue weighted by molar-refractivity contribution is 7.07. The van der Waals surface area contributed by atoms with Gasteiger partial charge in [-0.25, -0.2) is 14.6 Å². The number of ether oxygens (including phenoxy) is 2. The average molecular weight is 682 g/mol. The summed E-state index contributed by atoms with van der Waals surface area (Å²) in [7, 11) is 0. The molecule has 0 spiro atoms. The second-order valence-electron chi connectivity index (χ2n) is 11.2. The van der Waals surface area contributed by atoms with Crippen LogP contribution in [-0.4, -0.2) is 28.0 Å². The van der Waals surface area contributed by atoms with Crippen molar-refractivity contribution < 1.29 is 24.0 Å². The first-order chi connectivity index (χ1) is 24.3. The number of nitro groups is 1. The summed E-state index contributed by atoms with van der Waals surface area (Å²) in [5.41, 5.74) is 2.11. The van der Waals surface area contributed by atoms with Gasteiger partial charge in [0.25, 0.3) is 11.2 Å². The molecule has 1 aliphatic heterocycles. The molecular formula is C39H27N3O7S. The number of nitrogens with zero attached hydrogens (tertiary/aromatic N) is 3. The molecule has 0 radical (unpaired) electrons. The van der Waals surface area contributed by atoms with E-state index in [-0.39, 0.29) is 29.2 Å². The van der Waals surface area contributed by atoms with Crippen LogP contribution < -0.4 is 19.6 Å². The number of non-ortho nitro benzene ring substituents is 1. The molecule has 5 aromatic carbocycles. The van der Waals surface area contributed by atoms with Gasteiger partial charge >= 0.3 is 11.9 Å². The van der Waals surface area contributed by atoms with Crippen molar-refractivity contribution in [3.8, 4) is 5.75 Å². The van der Waals surface area contributed by atoms with Crippen LogP contribution in [0.1, 0.15) is 40.0 Å². The zero-order chi connectivity index (χ0) is 34.8. The number of hydrogen-bond donors (Lipinski definition) is 0. The summed E-state index contributed by atoms with van der Waals surface area (Å²) < 4.78 is 13.2. The molecule has 246 valence electrons. The van der Waals surface area contributed by atoms with E-state index in [0.29, 0.717) is 31.7 Å². The summed E-state index contributed by atoms with van der Waals surface area (Å²) in [6.45, 7) is 1.86. The fourth-order valence-electron chi connectivity index (χ4n) is 5.91. The van der Waals surface area contributed by atoms with E-state index in [4.69, 9.17) is 14.5 Å². The number of carbonyl (C=O) groups excluding carboxylic acids is 2. The first-order valence-electron chi connectivity index (χ1n) is 15.7. The molecule has 0 bridgehead atoms. The van der Waals surface area contributed by atoms with Gasteiger partial charge in [0.1, 0.15) is 5.75 Å². The number of aromatic nitrogens is 1. The van der Waals surface area contributed by atoms with E-state index in [9.17, 15) is 24.5 Å². The maximum atomic E-state index is 14.5. The Labute approximate surface area is 288 Å². The SMILES string of the molecule is CCOC(=O)C1=C(c2ccccc2)N=c2s/c(=C\c3c(OC(=O)c4ccc([N+](=O)[O-])cc4)ccc4ccccc34)c(=O)n2[C@H]1c1ccccc1. The Hall–Kier alpha value is -6.46. The highest BCUT2D eigenvalue weighted by Crippen LogP contribution is 2.35. The molecule has 0 aliphatic carbocycles. The number of fused-ring (bicyclic) bond motifs is 2. The lowest BCUT2D eigenvalue weighted by Crippen LogP contribution is -2.40. The zero-order valence-corrected chi connectivity index (χ0v) is 27.3. The summed E-state index contributed by atoms with van der Waals surface area (Å²) in [5, 5.41) is 12.7. The van der Waals surface area contributed by atoms with E-state index < -0.39 is 28.5 Å². The largest absolute Gasteiger partial charge is 0.463 e. The third-order valence-electron chi connectivity index (χ3n) is 8.21. The second-order valence-corrected chi connectivity index (χ2v) is 12.2. The van der Waals surface area contributed by atoms with Crippen molar-refractivity contribution in [2.75, 3.05) is 6.61 Å². The first kappa shape index (κ1) is 32.1. The van der Waals surface area contributed by atoms with E-state index >= 15 is 0 Å². The highest BCUT2D eigenvalue weighted by atomic mass is 32.1. The van der Waals surface area contributed by atoms with Crippen LogP contribution in [-0.2, 0) is 9.53 Å². The topological polar surface area (TPSA) is 130 Å². The van der Waals surface area contributed by atoms with Gasteiger partial charge in [0.05, 0.1) is 38.9 Å². The number of thiazole rings is 1. The summed E-state index contributed by atoms with van der Waals surface area (Å²) in [6, 6.07) is 33.8. The standard InChI is InChI=1S/C39H27N3O7S/c1-2-48-38(45)33-34(25-12-5-3-6-13-25)40-39-41(35(33)26-14-7-4-8-15-26)36(43)32(50-39)23-30-29-16-10-9-11-24(29)19-22-31(30)49-37(44)27-17-20-28(21-18-27)42(46)47/h3-23,35H,2H2,1H3/b32-23-/t35-/m0/s1. The molecule has 0 amide bonds. The van der Waals surface area contributed by atoms with Crippen LogP contribution in [0.15, 0.2) is 137 Å².